The lowest BCUT2D eigenvalue weighted by molar-refractivity contribution is -0.125. The van der Waals surface area contributed by atoms with Crippen LogP contribution in [0.2, 0.25) is 4.34 Å². The average molecular weight is 310 g/mol. The lowest BCUT2D eigenvalue weighted by Crippen LogP contribution is -2.23. The number of rotatable bonds is 4. The van der Waals surface area contributed by atoms with E-state index in [1.807, 2.05) is 6.07 Å². The van der Waals surface area contributed by atoms with E-state index in [4.69, 9.17) is 11.6 Å². The number of carbonyl (C=O) groups is 1. The molecule has 20 heavy (non-hydrogen) atoms. The van der Waals surface area contributed by atoms with Gasteiger partial charge in [0.05, 0.1) is 10.9 Å². The summed E-state index contributed by atoms with van der Waals surface area (Å²) in [5.74, 6) is -0.526. The smallest absolute Gasteiger partial charge is 0.246 e. The molecule has 0 fully saturated rings. The molecule has 0 aliphatic carbocycles. The van der Waals surface area contributed by atoms with E-state index in [0.717, 1.165) is 4.88 Å². The molecule has 0 saturated heterocycles. The number of hydrogen-bond acceptors (Lipinski definition) is 2. The Morgan fingerprint density at radius 2 is 2.10 bits per heavy atom. The largest absolute Gasteiger partial charge is 0.337 e. The topological polar surface area (TPSA) is 20.3 Å². The zero-order valence-corrected chi connectivity index (χ0v) is 12.4. The Labute approximate surface area is 126 Å². The highest BCUT2D eigenvalue weighted by molar-refractivity contribution is 7.16. The third-order valence-corrected chi connectivity index (χ3v) is 3.92. The summed E-state index contributed by atoms with van der Waals surface area (Å²) in [4.78, 5) is 14.5. The van der Waals surface area contributed by atoms with Crippen LogP contribution < -0.4 is 0 Å². The normalized spacial score (nSPS) is 10.9. The summed E-state index contributed by atoms with van der Waals surface area (Å²) in [6.07, 6.45) is 2.85. The summed E-state index contributed by atoms with van der Waals surface area (Å²) in [5.41, 5.74) is 0.397. The second-order valence-corrected chi connectivity index (χ2v) is 6.05. The Balaban J connectivity index is 1.99. The van der Waals surface area contributed by atoms with Gasteiger partial charge >= 0.3 is 0 Å². The van der Waals surface area contributed by atoms with Gasteiger partial charge in [-0.25, -0.2) is 4.39 Å². The van der Waals surface area contributed by atoms with Crippen LogP contribution in [-0.4, -0.2) is 17.9 Å². The maximum Gasteiger partial charge on any atom is 0.246 e. The van der Waals surface area contributed by atoms with Gasteiger partial charge in [-0.2, -0.15) is 0 Å². The number of nitrogens with zero attached hydrogens (tertiary/aromatic N) is 1. The minimum absolute atomic E-state index is 0.183. The molecule has 0 radical (unpaired) electrons. The molecule has 0 N–H and O–H groups in total. The van der Waals surface area contributed by atoms with E-state index in [0.29, 0.717) is 16.4 Å². The summed E-state index contributed by atoms with van der Waals surface area (Å²) >= 11 is 7.28. The van der Waals surface area contributed by atoms with E-state index >= 15 is 0 Å². The first-order valence-corrected chi connectivity index (χ1v) is 7.17. The van der Waals surface area contributed by atoms with Crippen molar-refractivity contribution < 1.29 is 9.18 Å². The highest BCUT2D eigenvalue weighted by Crippen LogP contribution is 2.22. The van der Waals surface area contributed by atoms with Gasteiger partial charge in [0.2, 0.25) is 5.91 Å². The van der Waals surface area contributed by atoms with Crippen molar-refractivity contribution in [1.82, 2.24) is 4.90 Å². The Hall–Kier alpha value is -1.65. The third kappa shape index (κ3) is 3.92. The first kappa shape index (κ1) is 14.8. The van der Waals surface area contributed by atoms with Crippen LogP contribution in [0.4, 0.5) is 4.39 Å². The van der Waals surface area contributed by atoms with Gasteiger partial charge < -0.3 is 4.90 Å². The number of amides is 1. The molecule has 0 aliphatic rings. The summed E-state index contributed by atoms with van der Waals surface area (Å²) < 4.78 is 14.1. The van der Waals surface area contributed by atoms with Crippen molar-refractivity contribution in [3.63, 3.8) is 0 Å². The molecular formula is C15H13ClFNOS. The van der Waals surface area contributed by atoms with Crippen molar-refractivity contribution in [3.05, 3.63) is 63.1 Å². The summed E-state index contributed by atoms with van der Waals surface area (Å²) in [6.45, 7) is 0.484. The van der Waals surface area contributed by atoms with Crippen molar-refractivity contribution in [2.75, 3.05) is 7.05 Å². The van der Waals surface area contributed by atoms with Gasteiger partial charge in [0.15, 0.2) is 0 Å². The Morgan fingerprint density at radius 3 is 2.75 bits per heavy atom. The van der Waals surface area contributed by atoms with Crippen molar-refractivity contribution in [1.29, 1.82) is 0 Å². The van der Waals surface area contributed by atoms with Crippen LogP contribution in [-0.2, 0) is 11.3 Å². The van der Waals surface area contributed by atoms with Crippen LogP contribution >= 0.6 is 22.9 Å². The highest BCUT2D eigenvalue weighted by atomic mass is 35.5. The number of hydrogen-bond donors (Lipinski definition) is 0. The number of thiophene rings is 1. The van der Waals surface area contributed by atoms with Crippen LogP contribution in [0.3, 0.4) is 0 Å². The first-order valence-electron chi connectivity index (χ1n) is 5.98. The molecule has 2 aromatic rings. The summed E-state index contributed by atoms with van der Waals surface area (Å²) in [7, 11) is 1.70. The molecule has 0 saturated carbocycles. The number of benzene rings is 1. The van der Waals surface area contributed by atoms with E-state index in [1.54, 1.807) is 36.2 Å². The predicted octanol–water partition coefficient (Wildman–Crippen LogP) is 4.21. The monoisotopic (exact) mass is 309 g/mol. The van der Waals surface area contributed by atoms with Crippen molar-refractivity contribution in [2.45, 2.75) is 6.54 Å². The molecule has 1 aromatic heterocycles. The molecule has 0 atom stereocenters. The molecular weight excluding hydrogens is 297 g/mol. The molecule has 1 heterocycles. The maximum absolute atomic E-state index is 13.4. The minimum Gasteiger partial charge on any atom is -0.337 e. The number of likely N-dealkylation sites (N-methyl/N-ethyl adjacent to an activating group) is 1. The Kier molecular flexibility index (Phi) is 4.93. The van der Waals surface area contributed by atoms with Gasteiger partial charge in [0, 0.05) is 23.6 Å². The van der Waals surface area contributed by atoms with E-state index in [1.165, 1.54) is 29.6 Å². The van der Waals surface area contributed by atoms with Gasteiger partial charge in [-0.15, -0.1) is 11.3 Å². The third-order valence-electron chi connectivity index (χ3n) is 2.71. The van der Waals surface area contributed by atoms with Crippen molar-refractivity contribution in [2.24, 2.45) is 0 Å². The van der Waals surface area contributed by atoms with E-state index in [2.05, 4.69) is 0 Å². The average Bonchev–Trinajstić information content (AvgIpc) is 2.82. The zero-order chi connectivity index (χ0) is 14.5. The van der Waals surface area contributed by atoms with E-state index in [9.17, 15) is 9.18 Å². The van der Waals surface area contributed by atoms with Gasteiger partial charge in [0.1, 0.15) is 5.82 Å². The zero-order valence-electron chi connectivity index (χ0n) is 10.8. The van der Waals surface area contributed by atoms with E-state index < -0.39 is 0 Å². The standard InChI is InChI=1S/C15H13ClFNOS/c1-18(10-12-7-8-14(16)20-12)15(19)9-6-11-4-2-3-5-13(11)17/h2-9H,10H2,1H3/b9-6+. The lowest BCUT2D eigenvalue weighted by Gasteiger charge is -2.13. The van der Waals surface area contributed by atoms with Gasteiger partial charge in [-0.05, 0) is 24.3 Å². The lowest BCUT2D eigenvalue weighted by atomic mass is 10.2. The molecule has 2 rings (SSSR count). The fourth-order valence-corrected chi connectivity index (χ4v) is 2.79. The minimum atomic E-state index is -0.343. The number of halogens is 2. The van der Waals surface area contributed by atoms with Crippen LogP contribution in [0, 0.1) is 5.82 Å². The fraction of sp³-hybridized carbons (Fsp3) is 0.133. The first-order chi connectivity index (χ1) is 9.56. The van der Waals surface area contributed by atoms with Crippen LogP contribution in [0.5, 0.6) is 0 Å². The number of carbonyl (C=O) groups excluding carboxylic acids is 1. The van der Waals surface area contributed by atoms with Crippen LogP contribution in [0.15, 0.2) is 42.5 Å². The maximum atomic E-state index is 13.4. The second kappa shape index (κ2) is 6.68. The molecule has 104 valence electrons. The van der Waals surface area contributed by atoms with Gasteiger partial charge in [0.25, 0.3) is 0 Å². The Morgan fingerprint density at radius 1 is 1.35 bits per heavy atom. The second-order valence-electron chi connectivity index (χ2n) is 4.25. The van der Waals surface area contributed by atoms with Crippen LogP contribution in [0.25, 0.3) is 6.08 Å². The summed E-state index contributed by atoms with van der Waals surface area (Å²) in [6, 6.07) is 10.0. The van der Waals surface area contributed by atoms with E-state index in [-0.39, 0.29) is 11.7 Å². The van der Waals surface area contributed by atoms with Crippen molar-refractivity contribution >= 4 is 34.9 Å². The van der Waals surface area contributed by atoms with Crippen molar-refractivity contribution in [3.8, 4) is 0 Å². The SMILES string of the molecule is CN(Cc1ccc(Cl)s1)C(=O)/C=C/c1ccccc1F. The molecule has 0 unspecified atom stereocenters. The van der Waals surface area contributed by atoms with Crippen LogP contribution in [0.1, 0.15) is 10.4 Å². The molecule has 1 aromatic carbocycles. The highest BCUT2D eigenvalue weighted by Gasteiger charge is 2.07. The molecule has 2 nitrogen and oxygen atoms in total. The molecule has 0 spiro atoms. The van der Waals surface area contributed by atoms with Gasteiger partial charge in [-0.1, -0.05) is 29.8 Å². The predicted molar refractivity (Wildman–Crippen MR) is 81.2 cm³/mol. The molecule has 5 heteroatoms. The Bertz CT molecular complexity index is 638. The van der Waals surface area contributed by atoms with Gasteiger partial charge in [-0.3, -0.25) is 4.79 Å². The molecule has 0 aliphatic heterocycles. The fourth-order valence-electron chi connectivity index (χ4n) is 1.65. The molecule has 1 amide bonds. The summed E-state index contributed by atoms with van der Waals surface area (Å²) in [5, 5.41) is 0. The quantitative estimate of drug-likeness (QED) is 0.775. The molecule has 0 bridgehead atoms.